The topological polar surface area (TPSA) is 131 Å². The second-order valence-corrected chi connectivity index (χ2v) is 10.9. The molecule has 0 aliphatic heterocycles. The summed E-state index contributed by atoms with van der Waals surface area (Å²) in [5.74, 6) is -2.33. The highest BCUT2D eigenvalue weighted by Gasteiger charge is 2.37. The van der Waals surface area contributed by atoms with E-state index >= 15 is 0 Å². The number of ether oxygens (including phenoxy) is 1. The van der Waals surface area contributed by atoms with Gasteiger partial charge in [0.1, 0.15) is 17.7 Å². The van der Waals surface area contributed by atoms with E-state index in [1.807, 2.05) is 20.8 Å². The molecule has 0 spiro atoms. The van der Waals surface area contributed by atoms with Gasteiger partial charge in [-0.05, 0) is 44.9 Å². The van der Waals surface area contributed by atoms with Crippen LogP contribution < -0.4 is 16.0 Å². The molecular weight excluding hydrogens is 426 g/mol. The predicted octanol–water partition coefficient (Wildman–Crippen LogP) is 2.90. The van der Waals surface area contributed by atoms with Gasteiger partial charge < -0.3 is 20.7 Å². The van der Waals surface area contributed by atoms with Crippen molar-refractivity contribution in [2.24, 2.45) is 11.3 Å². The summed E-state index contributed by atoms with van der Waals surface area (Å²) in [5, 5.41) is 7.95. The molecule has 0 fully saturated rings. The van der Waals surface area contributed by atoms with Crippen LogP contribution in [0.15, 0.2) is 0 Å². The highest BCUT2D eigenvalue weighted by Crippen LogP contribution is 2.21. The van der Waals surface area contributed by atoms with E-state index in [1.54, 1.807) is 41.5 Å². The molecule has 0 aliphatic carbocycles. The monoisotopic (exact) mass is 469 g/mol. The van der Waals surface area contributed by atoms with Gasteiger partial charge in [0.05, 0.1) is 6.04 Å². The van der Waals surface area contributed by atoms with Gasteiger partial charge >= 0.3 is 6.09 Å². The number of carbonyl (C=O) groups excluding carboxylic acids is 5. The van der Waals surface area contributed by atoms with Crippen LogP contribution in [0.4, 0.5) is 4.79 Å². The summed E-state index contributed by atoms with van der Waals surface area (Å²) in [4.78, 5) is 62.2. The highest BCUT2D eigenvalue weighted by molar-refractivity contribution is 6.38. The number of amides is 3. The highest BCUT2D eigenvalue weighted by atomic mass is 16.6. The zero-order chi connectivity index (χ0) is 26.1. The lowest BCUT2D eigenvalue weighted by atomic mass is 9.86. The first-order valence-electron chi connectivity index (χ1n) is 11.5. The van der Waals surface area contributed by atoms with Crippen molar-refractivity contribution < 1.29 is 28.7 Å². The van der Waals surface area contributed by atoms with Crippen LogP contribution in [-0.4, -0.2) is 53.2 Å². The smallest absolute Gasteiger partial charge is 0.408 e. The predicted molar refractivity (Wildman–Crippen MR) is 127 cm³/mol. The molecule has 190 valence electrons. The van der Waals surface area contributed by atoms with Crippen molar-refractivity contribution in [3.05, 3.63) is 0 Å². The summed E-state index contributed by atoms with van der Waals surface area (Å²) < 4.78 is 5.28. The Morgan fingerprint density at radius 1 is 0.818 bits per heavy atom. The summed E-state index contributed by atoms with van der Waals surface area (Å²) in [6.45, 7) is 17.3. The van der Waals surface area contributed by atoms with E-state index in [1.165, 1.54) is 6.92 Å². The second kappa shape index (κ2) is 12.7. The number of carbonyl (C=O) groups is 5. The maximum absolute atomic E-state index is 13.2. The van der Waals surface area contributed by atoms with E-state index in [-0.39, 0.29) is 5.92 Å². The van der Waals surface area contributed by atoms with Crippen molar-refractivity contribution in [2.75, 3.05) is 0 Å². The lowest BCUT2D eigenvalue weighted by molar-refractivity contribution is -0.138. The fourth-order valence-corrected chi connectivity index (χ4v) is 3.13. The normalized spacial score (nSPS) is 14.6. The first-order chi connectivity index (χ1) is 14.9. The fraction of sp³-hybridized carbons (Fsp3) is 0.792. The van der Waals surface area contributed by atoms with Crippen LogP contribution in [0.1, 0.15) is 88.5 Å². The number of rotatable bonds is 11. The molecule has 0 saturated heterocycles. The van der Waals surface area contributed by atoms with Gasteiger partial charge in [-0.3, -0.25) is 19.2 Å². The lowest BCUT2D eigenvalue weighted by Gasteiger charge is -2.33. The van der Waals surface area contributed by atoms with Crippen LogP contribution >= 0.6 is 0 Å². The van der Waals surface area contributed by atoms with Crippen molar-refractivity contribution in [2.45, 2.75) is 112 Å². The first kappa shape index (κ1) is 30.6. The number of Topliss-reactive ketones (excluding diaryl/α,β-unsaturated/α-hetero) is 2. The average molecular weight is 470 g/mol. The Morgan fingerprint density at radius 2 is 1.33 bits per heavy atom. The second-order valence-electron chi connectivity index (χ2n) is 10.9. The van der Waals surface area contributed by atoms with E-state index in [0.29, 0.717) is 19.3 Å². The van der Waals surface area contributed by atoms with Crippen LogP contribution in [0.5, 0.6) is 0 Å². The number of alkyl carbamates (subject to hydrolysis) is 1. The molecule has 3 atom stereocenters. The molecule has 3 N–H and O–H groups in total. The summed E-state index contributed by atoms with van der Waals surface area (Å²) in [6, 6.07) is -2.85. The Labute approximate surface area is 198 Å². The van der Waals surface area contributed by atoms with Gasteiger partial charge in [-0.25, -0.2) is 4.79 Å². The molecule has 0 radical (unpaired) electrons. The van der Waals surface area contributed by atoms with Crippen molar-refractivity contribution in [1.29, 1.82) is 0 Å². The Balaban J connectivity index is 5.67. The summed E-state index contributed by atoms with van der Waals surface area (Å²) in [7, 11) is 0. The van der Waals surface area contributed by atoms with E-state index in [2.05, 4.69) is 16.0 Å². The van der Waals surface area contributed by atoms with Gasteiger partial charge in [0, 0.05) is 6.92 Å². The van der Waals surface area contributed by atoms with Crippen molar-refractivity contribution in [3.8, 4) is 0 Å². The minimum absolute atomic E-state index is 0.0566. The van der Waals surface area contributed by atoms with Crippen LogP contribution in [0.25, 0.3) is 0 Å². The molecule has 0 saturated carbocycles. The van der Waals surface area contributed by atoms with Crippen molar-refractivity contribution in [1.82, 2.24) is 16.0 Å². The zero-order valence-electron chi connectivity index (χ0n) is 21.9. The van der Waals surface area contributed by atoms with Crippen LogP contribution in [0.2, 0.25) is 0 Å². The molecule has 33 heavy (non-hydrogen) atoms. The molecule has 0 aromatic heterocycles. The molecular formula is C24H43N3O6. The lowest BCUT2D eigenvalue weighted by Crippen LogP contribution is -2.59. The molecule has 0 heterocycles. The molecule has 9 heteroatoms. The molecule has 0 aromatic rings. The van der Waals surface area contributed by atoms with Gasteiger partial charge in [0.2, 0.25) is 17.6 Å². The Hall–Kier alpha value is -2.45. The molecule has 2 unspecified atom stereocenters. The van der Waals surface area contributed by atoms with E-state index in [4.69, 9.17) is 4.74 Å². The van der Waals surface area contributed by atoms with Crippen molar-refractivity contribution >= 4 is 29.5 Å². The standard InChI is InChI=1S/C24H43N3O6/c1-11-12-16(18(29)15(4)28)25-20(30)17(13-14(2)3)26-21(31)19(23(5,6)7)27-22(32)33-24(8,9)10/h14,16-17,19H,11-13H2,1-10H3,(H,25,30)(H,26,31)(H,27,32)/t16?,17-,19?/m0/s1. The van der Waals surface area contributed by atoms with Gasteiger partial charge in [0.15, 0.2) is 5.78 Å². The maximum Gasteiger partial charge on any atom is 0.408 e. The van der Waals surface area contributed by atoms with Crippen LogP contribution in [0.3, 0.4) is 0 Å². The third-order valence-electron chi connectivity index (χ3n) is 4.69. The summed E-state index contributed by atoms with van der Waals surface area (Å²) >= 11 is 0. The molecule has 0 aliphatic rings. The minimum Gasteiger partial charge on any atom is -0.444 e. The molecule has 0 rings (SSSR count). The Bertz CT molecular complexity index is 719. The third-order valence-corrected chi connectivity index (χ3v) is 4.69. The average Bonchev–Trinajstić information content (AvgIpc) is 2.61. The molecule has 9 nitrogen and oxygen atoms in total. The van der Waals surface area contributed by atoms with E-state index in [9.17, 15) is 24.0 Å². The number of nitrogens with one attached hydrogen (secondary N) is 3. The number of hydrogen-bond acceptors (Lipinski definition) is 6. The largest absolute Gasteiger partial charge is 0.444 e. The van der Waals surface area contributed by atoms with Gasteiger partial charge in [-0.1, -0.05) is 48.0 Å². The quantitative estimate of drug-likeness (QED) is 0.399. The van der Waals surface area contributed by atoms with Gasteiger partial charge in [0.25, 0.3) is 0 Å². The first-order valence-corrected chi connectivity index (χ1v) is 11.5. The summed E-state index contributed by atoms with van der Waals surface area (Å²) in [6.07, 6.45) is 0.486. The fourth-order valence-electron chi connectivity index (χ4n) is 3.13. The third kappa shape index (κ3) is 11.8. The molecule has 3 amide bonds. The van der Waals surface area contributed by atoms with Crippen molar-refractivity contribution in [3.63, 3.8) is 0 Å². The number of hydrogen-bond donors (Lipinski definition) is 3. The van der Waals surface area contributed by atoms with Crippen LogP contribution in [-0.2, 0) is 23.9 Å². The van der Waals surface area contributed by atoms with Crippen LogP contribution in [0, 0.1) is 11.3 Å². The number of ketones is 2. The maximum atomic E-state index is 13.2. The molecule has 0 bridgehead atoms. The summed E-state index contributed by atoms with van der Waals surface area (Å²) in [5.41, 5.74) is -1.41. The minimum atomic E-state index is -0.972. The zero-order valence-corrected chi connectivity index (χ0v) is 21.9. The molecule has 0 aromatic carbocycles. The Morgan fingerprint density at radius 3 is 1.73 bits per heavy atom. The van der Waals surface area contributed by atoms with Gasteiger partial charge in [-0.15, -0.1) is 0 Å². The van der Waals surface area contributed by atoms with Gasteiger partial charge in [-0.2, -0.15) is 0 Å². The Kier molecular flexibility index (Phi) is 11.8. The van der Waals surface area contributed by atoms with E-state index < -0.39 is 58.6 Å². The SMILES string of the molecule is CCCC(NC(=O)[C@H](CC(C)C)NC(=O)C(NC(=O)OC(C)(C)C)C(C)(C)C)C(=O)C(C)=O. The van der Waals surface area contributed by atoms with E-state index in [0.717, 1.165) is 0 Å².